The zero-order chi connectivity index (χ0) is 15.5. The summed E-state index contributed by atoms with van der Waals surface area (Å²) in [5.41, 5.74) is 1.49. The van der Waals surface area contributed by atoms with E-state index in [1.165, 1.54) is 12.1 Å². The molecule has 1 N–H and O–H groups in total. The molecular formula is C16H10N2O4. The second-order valence-corrected chi connectivity index (χ2v) is 4.49. The van der Waals surface area contributed by atoms with Crippen LogP contribution < -0.4 is 4.74 Å². The molecule has 0 atom stereocenters. The monoisotopic (exact) mass is 294 g/mol. The van der Waals surface area contributed by atoms with Crippen molar-refractivity contribution in [3.05, 3.63) is 59.5 Å². The molecule has 6 nitrogen and oxygen atoms in total. The van der Waals surface area contributed by atoms with Crippen LogP contribution in [0.25, 0.3) is 11.1 Å². The van der Waals surface area contributed by atoms with Gasteiger partial charge in [0.25, 0.3) is 0 Å². The quantitative estimate of drug-likeness (QED) is 0.794. The first kappa shape index (κ1) is 13.6. The number of rotatable bonds is 4. The lowest BCUT2D eigenvalue weighted by Gasteiger charge is -2.04. The molecule has 0 spiro atoms. The van der Waals surface area contributed by atoms with Crippen LogP contribution in [0.5, 0.6) is 5.75 Å². The molecule has 0 aliphatic rings. The summed E-state index contributed by atoms with van der Waals surface area (Å²) in [5, 5.41) is 17.9. The van der Waals surface area contributed by atoms with Crippen LogP contribution in [0.4, 0.5) is 0 Å². The number of nitrogens with zero attached hydrogens (tertiary/aromatic N) is 2. The predicted molar refractivity (Wildman–Crippen MR) is 76.5 cm³/mol. The van der Waals surface area contributed by atoms with Crippen molar-refractivity contribution < 1.29 is 19.1 Å². The minimum absolute atomic E-state index is 0.0514. The van der Waals surface area contributed by atoms with Gasteiger partial charge in [-0.3, -0.25) is 0 Å². The molecule has 3 aromatic rings. The van der Waals surface area contributed by atoms with Crippen LogP contribution in [0.15, 0.2) is 46.9 Å². The molecule has 0 unspecified atom stereocenters. The zero-order valence-corrected chi connectivity index (χ0v) is 11.3. The van der Waals surface area contributed by atoms with Crippen molar-refractivity contribution in [3.8, 4) is 11.8 Å². The molecule has 6 heteroatoms. The zero-order valence-electron chi connectivity index (χ0n) is 11.3. The van der Waals surface area contributed by atoms with Gasteiger partial charge in [0.15, 0.2) is 12.2 Å². The molecule has 0 aliphatic carbocycles. The lowest BCUT2D eigenvalue weighted by molar-refractivity contribution is 0.0697. The highest BCUT2D eigenvalue weighted by Crippen LogP contribution is 2.21. The molecule has 0 saturated carbocycles. The number of hydrogen-bond donors (Lipinski definition) is 1. The highest BCUT2D eigenvalue weighted by Gasteiger charge is 2.11. The number of oxazole rings is 1. The smallest absolute Gasteiger partial charge is 0.335 e. The second-order valence-electron chi connectivity index (χ2n) is 4.49. The minimum Gasteiger partial charge on any atom is -0.482 e. The van der Waals surface area contributed by atoms with Gasteiger partial charge in [-0.15, -0.1) is 0 Å². The molecule has 0 aliphatic heterocycles. The summed E-state index contributed by atoms with van der Waals surface area (Å²) < 4.78 is 11.0. The summed E-state index contributed by atoms with van der Waals surface area (Å²) in [6.07, 6.45) is 0. The molecule has 22 heavy (non-hydrogen) atoms. The normalized spacial score (nSPS) is 10.3. The Kier molecular flexibility index (Phi) is 3.46. The van der Waals surface area contributed by atoms with E-state index in [1.807, 2.05) is 6.07 Å². The van der Waals surface area contributed by atoms with Gasteiger partial charge >= 0.3 is 5.97 Å². The van der Waals surface area contributed by atoms with Crippen LogP contribution in [0.3, 0.4) is 0 Å². The molecule has 0 saturated heterocycles. The van der Waals surface area contributed by atoms with E-state index in [9.17, 15) is 4.79 Å². The third-order valence-electron chi connectivity index (χ3n) is 3.04. The number of para-hydroxylation sites is 1. The Hall–Kier alpha value is -3.33. The number of ether oxygens (including phenoxy) is 1. The van der Waals surface area contributed by atoms with Crippen LogP contribution in [0, 0.1) is 11.3 Å². The van der Waals surface area contributed by atoms with Crippen LogP contribution >= 0.6 is 0 Å². The highest BCUT2D eigenvalue weighted by molar-refractivity contribution is 5.91. The molecule has 0 radical (unpaired) electrons. The van der Waals surface area contributed by atoms with E-state index in [2.05, 4.69) is 4.98 Å². The number of aromatic carboxylic acids is 1. The van der Waals surface area contributed by atoms with E-state index in [0.717, 1.165) is 0 Å². The Labute approximate surface area is 125 Å². The van der Waals surface area contributed by atoms with E-state index in [1.54, 1.807) is 30.3 Å². The lowest BCUT2D eigenvalue weighted by Crippen LogP contribution is -1.97. The molecule has 0 fully saturated rings. The van der Waals surface area contributed by atoms with E-state index in [0.29, 0.717) is 28.3 Å². The van der Waals surface area contributed by atoms with Gasteiger partial charge in [-0.2, -0.15) is 5.26 Å². The Morgan fingerprint density at radius 3 is 2.91 bits per heavy atom. The molecule has 1 heterocycles. The van der Waals surface area contributed by atoms with Crippen LogP contribution in [0.1, 0.15) is 21.8 Å². The highest BCUT2D eigenvalue weighted by atomic mass is 16.5. The summed E-state index contributed by atoms with van der Waals surface area (Å²) in [7, 11) is 0. The molecule has 3 rings (SSSR count). The number of carboxylic acid groups (broad SMARTS) is 1. The maximum Gasteiger partial charge on any atom is 0.335 e. The fourth-order valence-corrected chi connectivity index (χ4v) is 1.99. The summed E-state index contributed by atoms with van der Waals surface area (Å²) in [6, 6.07) is 13.3. The molecule has 2 aromatic carbocycles. The van der Waals surface area contributed by atoms with Crippen molar-refractivity contribution in [3.63, 3.8) is 0 Å². The molecule has 0 amide bonds. The molecule has 0 bridgehead atoms. The summed E-state index contributed by atoms with van der Waals surface area (Å²) >= 11 is 0. The third-order valence-corrected chi connectivity index (χ3v) is 3.04. The van der Waals surface area contributed by atoms with Crippen molar-refractivity contribution in [1.29, 1.82) is 5.26 Å². The van der Waals surface area contributed by atoms with Gasteiger partial charge in [-0.25, -0.2) is 9.78 Å². The number of aromatic nitrogens is 1. The Bertz CT molecular complexity index is 893. The van der Waals surface area contributed by atoms with Gasteiger partial charge in [0.05, 0.1) is 11.1 Å². The number of benzene rings is 2. The fraction of sp³-hybridized carbons (Fsp3) is 0.0625. The number of hydrogen-bond acceptors (Lipinski definition) is 5. The average molecular weight is 294 g/mol. The number of nitriles is 1. The summed E-state index contributed by atoms with van der Waals surface area (Å²) in [5.74, 6) is -0.275. The van der Waals surface area contributed by atoms with Crippen molar-refractivity contribution >= 4 is 17.1 Å². The predicted octanol–water partition coefficient (Wildman–Crippen LogP) is 2.98. The first-order chi connectivity index (χ1) is 10.7. The van der Waals surface area contributed by atoms with Crippen molar-refractivity contribution in [1.82, 2.24) is 4.98 Å². The van der Waals surface area contributed by atoms with Crippen molar-refractivity contribution in [2.24, 2.45) is 0 Å². The number of carboxylic acids is 1. The van der Waals surface area contributed by atoms with Gasteiger partial charge in [-0.1, -0.05) is 12.1 Å². The van der Waals surface area contributed by atoms with Crippen LogP contribution in [-0.2, 0) is 6.61 Å². The first-order valence-electron chi connectivity index (χ1n) is 6.42. The second kappa shape index (κ2) is 5.58. The maximum absolute atomic E-state index is 10.9. The van der Waals surface area contributed by atoms with Gasteiger partial charge in [-0.05, 0) is 30.3 Å². The standard InChI is InChI=1S/C16H10N2O4/c17-8-11-3-1-2-4-13(11)21-9-15-18-12-6-5-10(16(19)20)7-14(12)22-15/h1-7H,9H2,(H,19,20). The molecule has 1 aromatic heterocycles. The third kappa shape index (κ3) is 2.60. The van der Waals surface area contributed by atoms with Crippen molar-refractivity contribution in [2.75, 3.05) is 0 Å². The first-order valence-corrected chi connectivity index (χ1v) is 6.42. The Balaban J connectivity index is 1.82. The van der Waals surface area contributed by atoms with Gasteiger partial charge in [0, 0.05) is 0 Å². The Morgan fingerprint density at radius 2 is 2.14 bits per heavy atom. The number of fused-ring (bicyclic) bond motifs is 1. The minimum atomic E-state index is -1.03. The topological polar surface area (TPSA) is 96.3 Å². The molecule has 108 valence electrons. The van der Waals surface area contributed by atoms with Gasteiger partial charge in [0.2, 0.25) is 5.89 Å². The van der Waals surface area contributed by atoms with E-state index in [-0.39, 0.29) is 12.2 Å². The van der Waals surface area contributed by atoms with Crippen molar-refractivity contribution in [2.45, 2.75) is 6.61 Å². The Morgan fingerprint density at radius 1 is 1.32 bits per heavy atom. The average Bonchev–Trinajstić information content (AvgIpc) is 2.95. The van der Waals surface area contributed by atoms with Gasteiger partial charge in [0.1, 0.15) is 17.3 Å². The van der Waals surface area contributed by atoms with Crippen LogP contribution in [0.2, 0.25) is 0 Å². The summed E-state index contributed by atoms with van der Waals surface area (Å²) in [4.78, 5) is 15.1. The summed E-state index contributed by atoms with van der Waals surface area (Å²) in [6.45, 7) is 0.0514. The van der Waals surface area contributed by atoms with E-state index >= 15 is 0 Å². The molecular weight excluding hydrogens is 284 g/mol. The van der Waals surface area contributed by atoms with Crippen LogP contribution in [-0.4, -0.2) is 16.1 Å². The lowest BCUT2D eigenvalue weighted by atomic mass is 10.2. The SMILES string of the molecule is N#Cc1ccccc1OCc1nc2ccc(C(=O)O)cc2o1. The van der Waals surface area contributed by atoms with Gasteiger partial charge < -0.3 is 14.3 Å². The maximum atomic E-state index is 10.9. The van der Waals surface area contributed by atoms with E-state index in [4.69, 9.17) is 19.5 Å². The van der Waals surface area contributed by atoms with E-state index < -0.39 is 5.97 Å². The fourth-order valence-electron chi connectivity index (χ4n) is 1.99. The largest absolute Gasteiger partial charge is 0.482 e. The number of carbonyl (C=O) groups is 1.